The number of benzene rings is 2. The van der Waals surface area contributed by atoms with Crippen molar-refractivity contribution in [2.45, 2.75) is 19.9 Å². The third kappa shape index (κ3) is 2.92. The molecule has 0 aromatic heterocycles. The van der Waals surface area contributed by atoms with Gasteiger partial charge in [-0.25, -0.2) is 4.39 Å². The topological polar surface area (TPSA) is 26.0 Å². The predicted molar refractivity (Wildman–Crippen MR) is 78.4 cm³/mol. The number of halogens is 3. The summed E-state index contributed by atoms with van der Waals surface area (Å²) < 4.78 is 13.3. The summed E-state index contributed by atoms with van der Waals surface area (Å²) >= 11 is 12.1. The number of nitrogens with two attached hydrogens (primary N) is 1. The van der Waals surface area contributed by atoms with E-state index in [4.69, 9.17) is 28.9 Å². The molecule has 0 saturated heterocycles. The molecule has 0 spiro atoms. The van der Waals surface area contributed by atoms with Crippen LogP contribution in [0.3, 0.4) is 0 Å². The Morgan fingerprint density at radius 1 is 1.05 bits per heavy atom. The fourth-order valence-electron chi connectivity index (χ4n) is 2.32. The summed E-state index contributed by atoms with van der Waals surface area (Å²) in [5.41, 5.74) is 9.51. The first-order chi connectivity index (χ1) is 8.90. The first-order valence-corrected chi connectivity index (χ1v) is 6.63. The Balaban J connectivity index is 2.56. The summed E-state index contributed by atoms with van der Waals surface area (Å²) in [4.78, 5) is 0. The van der Waals surface area contributed by atoms with Gasteiger partial charge >= 0.3 is 0 Å². The van der Waals surface area contributed by atoms with Gasteiger partial charge in [0.25, 0.3) is 0 Å². The van der Waals surface area contributed by atoms with Gasteiger partial charge in [0, 0.05) is 10.0 Å². The van der Waals surface area contributed by atoms with Crippen molar-refractivity contribution in [1.82, 2.24) is 0 Å². The van der Waals surface area contributed by atoms with Crippen LogP contribution < -0.4 is 5.73 Å². The van der Waals surface area contributed by atoms with Crippen molar-refractivity contribution in [3.63, 3.8) is 0 Å². The smallest absolute Gasteiger partial charge is 0.123 e. The minimum Gasteiger partial charge on any atom is -0.320 e. The lowest BCUT2D eigenvalue weighted by atomic mass is 9.92. The third-order valence-corrected chi connectivity index (χ3v) is 3.74. The van der Waals surface area contributed by atoms with Gasteiger partial charge in [-0.05, 0) is 66.4 Å². The lowest BCUT2D eigenvalue weighted by Crippen LogP contribution is -2.15. The average Bonchev–Trinajstić information content (AvgIpc) is 2.30. The standard InChI is InChI=1S/C15H14Cl2FN/c1-8-5-11(18)6-9(2)14(8)15(19)12-7-10(16)3-4-13(12)17/h3-7,15H,19H2,1-2H3. The Bertz CT molecular complexity index is 603. The van der Waals surface area contributed by atoms with Crippen LogP contribution in [0.15, 0.2) is 30.3 Å². The Hall–Kier alpha value is -1.09. The van der Waals surface area contributed by atoms with Gasteiger partial charge in [0.1, 0.15) is 5.82 Å². The second-order valence-electron chi connectivity index (χ2n) is 4.60. The van der Waals surface area contributed by atoms with Crippen LogP contribution in [0.5, 0.6) is 0 Å². The highest BCUT2D eigenvalue weighted by Crippen LogP contribution is 2.32. The second-order valence-corrected chi connectivity index (χ2v) is 5.44. The molecular weight excluding hydrogens is 284 g/mol. The molecule has 0 aliphatic rings. The molecule has 2 aromatic carbocycles. The molecule has 1 atom stereocenters. The largest absolute Gasteiger partial charge is 0.320 e. The first kappa shape index (κ1) is 14.3. The van der Waals surface area contributed by atoms with E-state index in [0.29, 0.717) is 10.0 Å². The summed E-state index contributed by atoms with van der Waals surface area (Å²) in [6, 6.07) is 7.70. The normalized spacial score (nSPS) is 12.5. The van der Waals surface area contributed by atoms with E-state index < -0.39 is 6.04 Å². The Morgan fingerprint density at radius 3 is 2.21 bits per heavy atom. The molecule has 0 fully saturated rings. The zero-order chi connectivity index (χ0) is 14.2. The quantitative estimate of drug-likeness (QED) is 0.847. The highest BCUT2D eigenvalue weighted by molar-refractivity contribution is 6.33. The number of hydrogen-bond donors (Lipinski definition) is 1. The molecule has 0 radical (unpaired) electrons. The lowest BCUT2D eigenvalue weighted by molar-refractivity contribution is 0.623. The molecule has 2 rings (SSSR count). The van der Waals surface area contributed by atoms with E-state index in [9.17, 15) is 4.39 Å². The molecule has 2 N–H and O–H groups in total. The molecule has 0 saturated carbocycles. The van der Waals surface area contributed by atoms with Crippen molar-refractivity contribution in [2.75, 3.05) is 0 Å². The van der Waals surface area contributed by atoms with Gasteiger partial charge in [0.2, 0.25) is 0 Å². The molecule has 1 nitrogen and oxygen atoms in total. The van der Waals surface area contributed by atoms with Crippen molar-refractivity contribution in [3.05, 3.63) is 68.4 Å². The Morgan fingerprint density at radius 2 is 1.63 bits per heavy atom. The number of hydrogen-bond acceptors (Lipinski definition) is 1. The maximum Gasteiger partial charge on any atom is 0.123 e. The van der Waals surface area contributed by atoms with E-state index in [2.05, 4.69) is 0 Å². The predicted octanol–water partition coefficient (Wildman–Crippen LogP) is 4.80. The summed E-state index contributed by atoms with van der Waals surface area (Å²) in [5, 5.41) is 1.13. The van der Waals surface area contributed by atoms with Crippen molar-refractivity contribution >= 4 is 23.2 Å². The van der Waals surface area contributed by atoms with Crippen LogP contribution in [-0.4, -0.2) is 0 Å². The van der Waals surface area contributed by atoms with E-state index in [1.54, 1.807) is 18.2 Å². The second kappa shape index (κ2) is 5.49. The number of rotatable bonds is 2. The monoisotopic (exact) mass is 297 g/mol. The van der Waals surface area contributed by atoms with Gasteiger partial charge in [-0.3, -0.25) is 0 Å². The van der Waals surface area contributed by atoms with E-state index in [1.807, 2.05) is 13.8 Å². The Kier molecular flexibility index (Phi) is 4.14. The van der Waals surface area contributed by atoms with Gasteiger partial charge in [0.05, 0.1) is 6.04 Å². The van der Waals surface area contributed by atoms with Crippen molar-refractivity contribution in [1.29, 1.82) is 0 Å². The molecule has 100 valence electrons. The van der Waals surface area contributed by atoms with Crippen LogP contribution in [0.4, 0.5) is 4.39 Å². The van der Waals surface area contributed by atoms with Crippen LogP contribution in [0.1, 0.15) is 28.3 Å². The van der Waals surface area contributed by atoms with Gasteiger partial charge < -0.3 is 5.73 Å². The summed E-state index contributed by atoms with van der Waals surface area (Å²) in [6.45, 7) is 3.67. The van der Waals surface area contributed by atoms with Crippen molar-refractivity contribution in [3.8, 4) is 0 Å². The number of aryl methyl sites for hydroxylation is 2. The molecule has 4 heteroatoms. The van der Waals surface area contributed by atoms with E-state index >= 15 is 0 Å². The van der Waals surface area contributed by atoms with Crippen LogP contribution in [0.25, 0.3) is 0 Å². The Labute approximate surface area is 122 Å². The van der Waals surface area contributed by atoms with Gasteiger partial charge in [-0.15, -0.1) is 0 Å². The maximum absolute atomic E-state index is 13.3. The van der Waals surface area contributed by atoms with Crippen LogP contribution >= 0.6 is 23.2 Å². The zero-order valence-corrected chi connectivity index (χ0v) is 12.2. The molecule has 0 heterocycles. The molecule has 0 aliphatic carbocycles. The SMILES string of the molecule is Cc1cc(F)cc(C)c1C(N)c1cc(Cl)ccc1Cl. The highest BCUT2D eigenvalue weighted by Gasteiger charge is 2.18. The maximum atomic E-state index is 13.3. The fourth-order valence-corrected chi connectivity index (χ4v) is 2.74. The summed E-state index contributed by atoms with van der Waals surface area (Å²) in [5.74, 6) is -0.261. The third-order valence-electron chi connectivity index (χ3n) is 3.16. The van der Waals surface area contributed by atoms with Gasteiger partial charge in [-0.2, -0.15) is 0 Å². The van der Waals surface area contributed by atoms with Crippen LogP contribution in [0.2, 0.25) is 10.0 Å². The molecule has 0 bridgehead atoms. The summed E-state index contributed by atoms with van der Waals surface area (Å²) in [7, 11) is 0. The van der Waals surface area contributed by atoms with Gasteiger partial charge in [-0.1, -0.05) is 23.2 Å². The van der Waals surface area contributed by atoms with Crippen LogP contribution in [-0.2, 0) is 0 Å². The van der Waals surface area contributed by atoms with Crippen molar-refractivity contribution in [2.24, 2.45) is 5.73 Å². The summed E-state index contributed by atoms with van der Waals surface area (Å²) in [6.07, 6.45) is 0. The molecule has 2 aromatic rings. The molecule has 19 heavy (non-hydrogen) atoms. The molecule has 1 unspecified atom stereocenters. The van der Waals surface area contributed by atoms with E-state index in [1.165, 1.54) is 12.1 Å². The van der Waals surface area contributed by atoms with E-state index in [-0.39, 0.29) is 5.82 Å². The van der Waals surface area contributed by atoms with Crippen LogP contribution in [0, 0.1) is 19.7 Å². The van der Waals surface area contributed by atoms with Gasteiger partial charge in [0.15, 0.2) is 0 Å². The van der Waals surface area contributed by atoms with Crippen molar-refractivity contribution < 1.29 is 4.39 Å². The minimum absolute atomic E-state index is 0.261. The van der Waals surface area contributed by atoms with E-state index in [0.717, 1.165) is 22.3 Å². The molecular formula is C15H14Cl2FN. The average molecular weight is 298 g/mol. The molecule has 0 amide bonds. The molecule has 0 aliphatic heterocycles. The lowest BCUT2D eigenvalue weighted by Gasteiger charge is -2.19. The zero-order valence-electron chi connectivity index (χ0n) is 10.7. The first-order valence-electron chi connectivity index (χ1n) is 5.87. The fraction of sp³-hybridized carbons (Fsp3) is 0.200. The highest BCUT2D eigenvalue weighted by atomic mass is 35.5. The minimum atomic E-state index is -0.424.